The SMILES string of the molecule is CCCC(CCC)N1CCN(CCC(=O)O)CC1. The van der Waals surface area contributed by atoms with Crippen LogP contribution in [-0.2, 0) is 4.79 Å². The molecule has 0 aromatic rings. The number of aliphatic carboxylic acids is 1. The average molecular weight is 256 g/mol. The summed E-state index contributed by atoms with van der Waals surface area (Å²) in [4.78, 5) is 15.4. The van der Waals surface area contributed by atoms with Gasteiger partial charge in [0.2, 0.25) is 0 Å². The van der Waals surface area contributed by atoms with E-state index in [2.05, 4.69) is 23.6 Å². The fourth-order valence-electron chi connectivity index (χ4n) is 2.78. The summed E-state index contributed by atoms with van der Waals surface area (Å²) in [6.07, 6.45) is 5.37. The van der Waals surface area contributed by atoms with Crippen molar-refractivity contribution in [1.29, 1.82) is 0 Å². The van der Waals surface area contributed by atoms with Crippen LogP contribution in [0.1, 0.15) is 46.0 Å². The molecule has 1 aliphatic heterocycles. The van der Waals surface area contributed by atoms with E-state index in [9.17, 15) is 4.79 Å². The molecule has 0 amide bonds. The van der Waals surface area contributed by atoms with Crippen LogP contribution in [0.4, 0.5) is 0 Å². The molecule has 0 spiro atoms. The number of carbonyl (C=O) groups is 1. The maximum absolute atomic E-state index is 10.5. The molecule has 0 atom stereocenters. The van der Waals surface area contributed by atoms with Gasteiger partial charge in [-0.3, -0.25) is 9.69 Å². The topological polar surface area (TPSA) is 43.8 Å². The Morgan fingerprint density at radius 2 is 1.67 bits per heavy atom. The molecule has 1 saturated heterocycles. The number of hydrogen-bond acceptors (Lipinski definition) is 3. The van der Waals surface area contributed by atoms with E-state index in [0.717, 1.165) is 32.2 Å². The van der Waals surface area contributed by atoms with E-state index in [-0.39, 0.29) is 6.42 Å². The van der Waals surface area contributed by atoms with Crippen molar-refractivity contribution in [1.82, 2.24) is 9.80 Å². The molecule has 1 fully saturated rings. The molecule has 0 radical (unpaired) electrons. The second-order valence-corrected chi connectivity index (χ2v) is 5.25. The van der Waals surface area contributed by atoms with Crippen molar-refractivity contribution in [2.24, 2.45) is 0 Å². The molecule has 18 heavy (non-hydrogen) atoms. The zero-order chi connectivity index (χ0) is 13.4. The maximum atomic E-state index is 10.5. The molecule has 0 aromatic heterocycles. The second kappa shape index (κ2) is 8.48. The molecule has 1 N–H and O–H groups in total. The Balaban J connectivity index is 2.30. The van der Waals surface area contributed by atoms with Crippen LogP contribution in [0.15, 0.2) is 0 Å². The summed E-state index contributed by atoms with van der Waals surface area (Å²) in [6.45, 7) is 9.47. The molecule has 4 heteroatoms. The minimum Gasteiger partial charge on any atom is -0.481 e. The lowest BCUT2D eigenvalue weighted by Crippen LogP contribution is -2.50. The van der Waals surface area contributed by atoms with Gasteiger partial charge in [-0.25, -0.2) is 0 Å². The molecule has 1 rings (SSSR count). The third-order valence-corrected chi connectivity index (χ3v) is 3.81. The van der Waals surface area contributed by atoms with Crippen LogP contribution in [0, 0.1) is 0 Å². The molecule has 1 heterocycles. The number of rotatable bonds is 8. The van der Waals surface area contributed by atoms with Crippen molar-refractivity contribution in [3.05, 3.63) is 0 Å². The molecule has 0 saturated carbocycles. The van der Waals surface area contributed by atoms with Gasteiger partial charge >= 0.3 is 5.97 Å². The average Bonchev–Trinajstić information content (AvgIpc) is 2.37. The van der Waals surface area contributed by atoms with Gasteiger partial charge in [0.05, 0.1) is 6.42 Å². The number of carboxylic acid groups (broad SMARTS) is 1. The van der Waals surface area contributed by atoms with Gasteiger partial charge < -0.3 is 10.0 Å². The van der Waals surface area contributed by atoms with Crippen LogP contribution >= 0.6 is 0 Å². The number of piperazine rings is 1. The summed E-state index contributed by atoms with van der Waals surface area (Å²) in [7, 11) is 0. The molecular weight excluding hydrogens is 228 g/mol. The number of nitrogens with zero attached hydrogens (tertiary/aromatic N) is 2. The number of hydrogen-bond donors (Lipinski definition) is 1. The lowest BCUT2D eigenvalue weighted by Gasteiger charge is -2.39. The van der Waals surface area contributed by atoms with Crippen LogP contribution < -0.4 is 0 Å². The van der Waals surface area contributed by atoms with Crippen molar-refractivity contribution in [3.8, 4) is 0 Å². The van der Waals surface area contributed by atoms with Gasteiger partial charge in [0.15, 0.2) is 0 Å². The van der Waals surface area contributed by atoms with Crippen LogP contribution in [0.2, 0.25) is 0 Å². The van der Waals surface area contributed by atoms with E-state index >= 15 is 0 Å². The van der Waals surface area contributed by atoms with E-state index in [1.807, 2.05) is 0 Å². The Hall–Kier alpha value is -0.610. The number of carboxylic acids is 1. The van der Waals surface area contributed by atoms with Crippen molar-refractivity contribution in [2.75, 3.05) is 32.7 Å². The predicted molar refractivity (Wildman–Crippen MR) is 73.9 cm³/mol. The highest BCUT2D eigenvalue weighted by atomic mass is 16.4. The lowest BCUT2D eigenvalue weighted by atomic mass is 10.0. The summed E-state index contributed by atoms with van der Waals surface area (Å²) in [5.41, 5.74) is 0. The molecule has 0 aromatic carbocycles. The van der Waals surface area contributed by atoms with Gasteiger partial charge in [-0.05, 0) is 12.8 Å². The van der Waals surface area contributed by atoms with Gasteiger partial charge in [0.25, 0.3) is 0 Å². The van der Waals surface area contributed by atoms with E-state index in [0.29, 0.717) is 6.54 Å². The Kier molecular flexibility index (Phi) is 7.28. The first-order chi connectivity index (χ1) is 8.67. The van der Waals surface area contributed by atoms with Gasteiger partial charge in [-0.1, -0.05) is 26.7 Å². The summed E-state index contributed by atoms with van der Waals surface area (Å²) < 4.78 is 0. The van der Waals surface area contributed by atoms with Crippen LogP contribution in [0.25, 0.3) is 0 Å². The first-order valence-electron chi connectivity index (χ1n) is 7.35. The molecule has 0 bridgehead atoms. The van der Waals surface area contributed by atoms with Gasteiger partial charge in [0, 0.05) is 38.8 Å². The smallest absolute Gasteiger partial charge is 0.304 e. The first kappa shape index (κ1) is 15.4. The minimum absolute atomic E-state index is 0.271. The van der Waals surface area contributed by atoms with Crippen LogP contribution in [0.5, 0.6) is 0 Å². The van der Waals surface area contributed by atoms with E-state index in [4.69, 9.17) is 5.11 Å². The van der Waals surface area contributed by atoms with Gasteiger partial charge in [0.1, 0.15) is 0 Å². The zero-order valence-corrected chi connectivity index (χ0v) is 11.9. The highest BCUT2D eigenvalue weighted by Crippen LogP contribution is 2.15. The molecule has 4 nitrogen and oxygen atoms in total. The van der Waals surface area contributed by atoms with Crippen molar-refractivity contribution >= 4 is 5.97 Å². The standard InChI is InChI=1S/C14H28N2O2/c1-3-5-13(6-4-2)16-11-9-15(10-12-16)8-7-14(17)18/h13H,3-12H2,1-2H3,(H,17,18). The Bertz CT molecular complexity index is 232. The van der Waals surface area contributed by atoms with E-state index in [1.54, 1.807) is 0 Å². The quantitative estimate of drug-likeness (QED) is 0.722. The van der Waals surface area contributed by atoms with Gasteiger partial charge in [-0.2, -0.15) is 0 Å². The normalized spacial score (nSPS) is 18.4. The third-order valence-electron chi connectivity index (χ3n) is 3.81. The Labute approximate surface area is 111 Å². The molecule has 1 aliphatic rings. The highest BCUT2D eigenvalue weighted by molar-refractivity contribution is 5.66. The van der Waals surface area contributed by atoms with Crippen molar-refractivity contribution in [3.63, 3.8) is 0 Å². The Morgan fingerprint density at radius 3 is 2.11 bits per heavy atom. The molecule has 0 aliphatic carbocycles. The predicted octanol–water partition coefficient (Wildman–Crippen LogP) is 2.05. The van der Waals surface area contributed by atoms with Crippen molar-refractivity contribution in [2.45, 2.75) is 52.0 Å². The van der Waals surface area contributed by atoms with Crippen molar-refractivity contribution < 1.29 is 9.90 Å². The fourth-order valence-corrected chi connectivity index (χ4v) is 2.78. The second-order valence-electron chi connectivity index (χ2n) is 5.25. The fraction of sp³-hybridized carbons (Fsp3) is 0.929. The summed E-state index contributed by atoms with van der Waals surface area (Å²) in [6, 6.07) is 0.738. The largest absolute Gasteiger partial charge is 0.481 e. The minimum atomic E-state index is -0.688. The summed E-state index contributed by atoms with van der Waals surface area (Å²) in [5, 5.41) is 8.69. The van der Waals surface area contributed by atoms with Gasteiger partial charge in [-0.15, -0.1) is 0 Å². The monoisotopic (exact) mass is 256 g/mol. The molecular formula is C14H28N2O2. The van der Waals surface area contributed by atoms with Crippen LogP contribution in [0.3, 0.4) is 0 Å². The van der Waals surface area contributed by atoms with E-state index in [1.165, 1.54) is 25.7 Å². The lowest BCUT2D eigenvalue weighted by molar-refractivity contribution is -0.137. The third kappa shape index (κ3) is 5.36. The van der Waals surface area contributed by atoms with Crippen LogP contribution in [-0.4, -0.2) is 59.6 Å². The zero-order valence-electron chi connectivity index (χ0n) is 11.9. The maximum Gasteiger partial charge on any atom is 0.304 e. The first-order valence-corrected chi connectivity index (χ1v) is 7.35. The summed E-state index contributed by atoms with van der Waals surface area (Å²) in [5.74, 6) is -0.688. The molecule has 106 valence electrons. The highest BCUT2D eigenvalue weighted by Gasteiger charge is 2.22. The molecule has 0 unspecified atom stereocenters. The van der Waals surface area contributed by atoms with E-state index < -0.39 is 5.97 Å². The summed E-state index contributed by atoms with van der Waals surface area (Å²) >= 11 is 0. The Morgan fingerprint density at radius 1 is 1.11 bits per heavy atom.